The molecule has 164 valence electrons. The van der Waals surface area contributed by atoms with Crippen LogP contribution >= 0.6 is 0 Å². The molecule has 0 fully saturated rings. The highest BCUT2D eigenvalue weighted by molar-refractivity contribution is 6.07. The maximum absolute atomic E-state index is 12.9. The average Bonchev–Trinajstić information content (AvgIpc) is 3.27. The highest BCUT2D eigenvalue weighted by atomic mass is 16.2. The topological polar surface area (TPSA) is 92.2 Å². The summed E-state index contributed by atoms with van der Waals surface area (Å²) in [5.41, 5.74) is 3.59. The summed E-state index contributed by atoms with van der Waals surface area (Å²) >= 11 is 0. The molecule has 1 aliphatic heterocycles. The van der Waals surface area contributed by atoms with Gasteiger partial charge >= 0.3 is 0 Å². The number of imidazole rings is 1. The van der Waals surface area contributed by atoms with Gasteiger partial charge in [0, 0.05) is 30.0 Å². The van der Waals surface area contributed by atoms with Gasteiger partial charge in [0.2, 0.25) is 5.91 Å². The summed E-state index contributed by atoms with van der Waals surface area (Å²) in [6.07, 6.45) is 5.15. The van der Waals surface area contributed by atoms with Crippen LogP contribution in [0.2, 0.25) is 0 Å². The highest BCUT2D eigenvalue weighted by Gasteiger charge is 2.26. The number of anilines is 3. The average molecular weight is 438 g/mol. The Hall–Kier alpha value is -4.46. The number of benzene rings is 2. The summed E-state index contributed by atoms with van der Waals surface area (Å²) in [5, 5.41) is 5.93. The molecule has 33 heavy (non-hydrogen) atoms. The molecule has 8 heteroatoms. The second kappa shape index (κ2) is 8.58. The van der Waals surface area contributed by atoms with Gasteiger partial charge in [0.05, 0.1) is 24.3 Å². The molecule has 8 nitrogen and oxygen atoms in total. The van der Waals surface area contributed by atoms with Gasteiger partial charge in [-0.05, 0) is 42.8 Å². The van der Waals surface area contributed by atoms with Crippen LogP contribution in [0.15, 0.2) is 79.3 Å². The fraction of sp³-hybridized carbons (Fsp3) is 0.120. The molecule has 5 rings (SSSR count). The molecule has 4 aromatic rings. The third kappa shape index (κ3) is 4.18. The molecule has 0 bridgehead atoms. The number of carbonyl (C=O) groups excluding carboxylic acids is 2. The zero-order valence-electron chi connectivity index (χ0n) is 18.0. The number of hydrogen-bond donors (Lipinski definition) is 2. The maximum atomic E-state index is 12.9. The molecule has 2 N–H and O–H groups in total. The summed E-state index contributed by atoms with van der Waals surface area (Å²) in [7, 11) is 0. The number of fused-ring (bicyclic) bond motifs is 1. The fourth-order valence-electron chi connectivity index (χ4n) is 3.81. The van der Waals surface area contributed by atoms with Crippen LogP contribution in [0.4, 0.5) is 17.2 Å². The molecule has 0 atom stereocenters. The van der Waals surface area contributed by atoms with Gasteiger partial charge in [-0.1, -0.05) is 30.3 Å². The van der Waals surface area contributed by atoms with Gasteiger partial charge < -0.3 is 20.1 Å². The van der Waals surface area contributed by atoms with E-state index in [9.17, 15) is 9.59 Å². The van der Waals surface area contributed by atoms with E-state index in [2.05, 4.69) is 20.6 Å². The number of pyridine rings is 1. The Balaban J connectivity index is 1.36. The standard InChI is InChI=1S/C25H22N6O2/c1-17-26-11-12-30(17)21-9-7-20(8-10-21)29-25(33)19-13-22-24(27-14-19)28-15-23(32)31(22)16-18-5-3-2-4-6-18/h2-14H,15-16H2,1H3,(H,27,28)(H,29,33). The molecular weight excluding hydrogens is 416 g/mol. The second-order valence-electron chi connectivity index (χ2n) is 7.76. The van der Waals surface area contributed by atoms with Crippen LogP contribution in [-0.2, 0) is 11.3 Å². The van der Waals surface area contributed by atoms with Crippen LogP contribution in [0.1, 0.15) is 21.7 Å². The zero-order valence-corrected chi connectivity index (χ0v) is 18.0. The monoisotopic (exact) mass is 438 g/mol. The quantitative estimate of drug-likeness (QED) is 0.495. The van der Waals surface area contributed by atoms with Crippen molar-refractivity contribution in [1.29, 1.82) is 0 Å². The first-order valence-electron chi connectivity index (χ1n) is 10.6. The molecule has 2 amide bonds. The van der Waals surface area contributed by atoms with Crippen LogP contribution in [0.25, 0.3) is 5.69 Å². The van der Waals surface area contributed by atoms with Crippen molar-refractivity contribution >= 4 is 29.0 Å². The van der Waals surface area contributed by atoms with Gasteiger partial charge in [-0.25, -0.2) is 9.97 Å². The normalized spacial score (nSPS) is 12.8. The van der Waals surface area contributed by atoms with Gasteiger partial charge in [0.1, 0.15) is 5.82 Å². The van der Waals surface area contributed by atoms with Crippen LogP contribution in [0.3, 0.4) is 0 Å². The van der Waals surface area contributed by atoms with E-state index in [0.29, 0.717) is 29.3 Å². The van der Waals surface area contributed by atoms with Crippen LogP contribution in [0.5, 0.6) is 0 Å². The van der Waals surface area contributed by atoms with E-state index in [-0.39, 0.29) is 18.4 Å². The molecule has 2 aromatic heterocycles. The molecule has 0 radical (unpaired) electrons. The number of carbonyl (C=O) groups is 2. The van der Waals surface area contributed by atoms with E-state index in [1.807, 2.05) is 72.3 Å². The number of hydrogen-bond acceptors (Lipinski definition) is 5. The smallest absolute Gasteiger partial charge is 0.257 e. The molecule has 0 saturated heterocycles. The molecule has 0 saturated carbocycles. The van der Waals surface area contributed by atoms with Gasteiger partial charge in [0.25, 0.3) is 5.91 Å². The SMILES string of the molecule is Cc1nccn1-c1ccc(NC(=O)c2cnc3c(c2)N(Cc2ccccc2)C(=O)CN3)cc1. The van der Waals surface area contributed by atoms with Crippen molar-refractivity contribution in [3.8, 4) is 5.69 Å². The van der Waals surface area contributed by atoms with Crippen molar-refractivity contribution in [2.75, 3.05) is 22.1 Å². The molecule has 1 aliphatic rings. The van der Waals surface area contributed by atoms with E-state index in [1.165, 1.54) is 6.20 Å². The minimum Gasteiger partial charge on any atom is -0.359 e. The Morgan fingerprint density at radius 1 is 1.09 bits per heavy atom. The number of aryl methyl sites for hydroxylation is 1. The van der Waals surface area contributed by atoms with Gasteiger partial charge in [-0.15, -0.1) is 0 Å². The molecule has 0 unspecified atom stereocenters. The van der Waals surface area contributed by atoms with E-state index < -0.39 is 0 Å². The van der Waals surface area contributed by atoms with Crippen molar-refractivity contribution in [2.24, 2.45) is 0 Å². The predicted molar refractivity (Wildman–Crippen MR) is 127 cm³/mol. The Morgan fingerprint density at radius 2 is 1.88 bits per heavy atom. The van der Waals surface area contributed by atoms with Crippen LogP contribution < -0.4 is 15.5 Å². The first-order chi connectivity index (χ1) is 16.1. The summed E-state index contributed by atoms with van der Waals surface area (Å²) in [6, 6.07) is 18.9. The maximum Gasteiger partial charge on any atom is 0.257 e. The Kier molecular flexibility index (Phi) is 5.32. The number of aromatic nitrogens is 3. The Bertz CT molecular complexity index is 1310. The number of nitrogens with zero attached hydrogens (tertiary/aromatic N) is 4. The number of nitrogens with one attached hydrogen (secondary N) is 2. The lowest BCUT2D eigenvalue weighted by atomic mass is 10.1. The fourth-order valence-corrected chi connectivity index (χ4v) is 3.81. The molecule has 0 aliphatic carbocycles. The zero-order chi connectivity index (χ0) is 22.8. The van der Waals surface area contributed by atoms with Gasteiger partial charge in [0.15, 0.2) is 5.82 Å². The predicted octanol–water partition coefficient (Wildman–Crippen LogP) is 3.79. The second-order valence-corrected chi connectivity index (χ2v) is 7.76. The lowest BCUT2D eigenvalue weighted by Crippen LogP contribution is -2.40. The largest absolute Gasteiger partial charge is 0.359 e. The highest BCUT2D eigenvalue weighted by Crippen LogP contribution is 2.30. The Morgan fingerprint density at radius 3 is 2.61 bits per heavy atom. The van der Waals surface area contributed by atoms with Crippen LogP contribution in [0, 0.1) is 6.92 Å². The summed E-state index contributed by atoms with van der Waals surface area (Å²) in [4.78, 5) is 35.8. The van der Waals surface area contributed by atoms with Crippen LogP contribution in [-0.4, -0.2) is 32.9 Å². The lowest BCUT2D eigenvalue weighted by molar-refractivity contribution is -0.117. The van der Waals surface area contributed by atoms with E-state index in [4.69, 9.17) is 0 Å². The lowest BCUT2D eigenvalue weighted by Gasteiger charge is -2.29. The third-order valence-electron chi connectivity index (χ3n) is 5.54. The van der Waals surface area contributed by atoms with Crippen molar-refractivity contribution < 1.29 is 9.59 Å². The summed E-state index contributed by atoms with van der Waals surface area (Å²) in [5.74, 6) is 1.10. The van der Waals surface area contributed by atoms with E-state index >= 15 is 0 Å². The molecule has 0 spiro atoms. The van der Waals surface area contributed by atoms with Gasteiger partial charge in [-0.3, -0.25) is 9.59 Å². The number of amides is 2. The minimum absolute atomic E-state index is 0.0731. The van der Waals surface area contributed by atoms with Gasteiger partial charge in [-0.2, -0.15) is 0 Å². The van der Waals surface area contributed by atoms with Crippen molar-refractivity contribution in [1.82, 2.24) is 14.5 Å². The minimum atomic E-state index is -0.297. The molecule has 3 heterocycles. The van der Waals surface area contributed by atoms with Crippen molar-refractivity contribution in [3.63, 3.8) is 0 Å². The van der Waals surface area contributed by atoms with Crippen molar-refractivity contribution in [3.05, 3.63) is 96.2 Å². The molecule has 2 aromatic carbocycles. The Labute approximate surface area is 190 Å². The van der Waals surface area contributed by atoms with Crippen molar-refractivity contribution in [2.45, 2.75) is 13.5 Å². The molecular formula is C25H22N6O2. The van der Waals surface area contributed by atoms with E-state index in [0.717, 1.165) is 17.1 Å². The number of rotatable bonds is 5. The first-order valence-corrected chi connectivity index (χ1v) is 10.6. The van der Waals surface area contributed by atoms with E-state index in [1.54, 1.807) is 17.2 Å². The summed E-state index contributed by atoms with van der Waals surface area (Å²) < 4.78 is 1.96. The summed E-state index contributed by atoms with van der Waals surface area (Å²) in [6.45, 7) is 2.51. The third-order valence-corrected chi connectivity index (χ3v) is 5.54. The first kappa shape index (κ1) is 20.4.